The number of methoxy groups -OCH3 is 1. The average molecular weight is 388 g/mol. The SMILES string of the molecule is COC(=O)[C@@](NC(=O)c1ccccc1)(Nc1ccc(Cl)cn1)C(F)(F)F. The van der Waals surface area contributed by atoms with Gasteiger partial charge in [0.1, 0.15) is 5.82 Å². The summed E-state index contributed by atoms with van der Waals surface area (Å²) in [5.74, 6) is -3.23. The van der Waals surface area contributed by atoms with Crippen LogP contribution < -0.4 is 10.6 Å². The van der Waals surface area contributed by atoms with E-state index in [2.05, 4.69) is 9.72 Å². The zero-order valence-electron chi connectivity index (χ0n) is 13.3. The van der Waals surface area contributed by atoms with Crippen molar-refractivity contribution in [3.8, 4) is 0 Å². The molecule has 0 saturated carbocycles. The maximum atomic E-state index is 13.8. The molecule has 0 unspecified atom stereocenters. The summed E-state index contributed by atoms with van der Waals surface area (Å²) < 4.78 is 45.8. The Morgan fingerprint density at radius 2 is 1.77 bits per heavy atom. The minimum atomic E-state index is -5.24. The van der Waals surface area contributed by atoms with Gasteiger partial charge in [-0.15, -0.1) is 0 Å². The average Bonchev–Trinajstić information content (AvgIpc) is 2.62. The summed E-state index contributed by atoms with van der Waals surface area (Å²) in [6.45, 7) is 0. The van der Waals surface area contributed by atoms with Gasteiger partial charge in [0.05, 0.1) is 12.1 Å². The number of carbonyl (C=O) groups excluding carboxylic acids is 2. The number of ether oxygens (including phenoxy) is 1. The number of pyridine rings is 1. The summed E-state index contributed by atoms with van der Waals surface area (Å²) in [5, 5.41) is 3.77. The first kappa shape index (κ1) is 19.5. The predicted molar refractivity (Wildman–Crippen MR) is 87.6 cm³/mol. The zero-order chi connectivity index (χ0) is 19.4. The second-order valence-electron chi connectivity index (χ2n) is 5.05. The van der Waals surface area contributed by atoms with Gasteiger partial charge in [-0.25, -0.2) is 9.78 Å². The summed E-state index contributed by atoms with van der Waals surface area (Å²) in [5.41, 5.74) is -3.62. The number of aromatic nitrogens is 1. The zero-order valence-corrected chi connectivity index (χ0v) is 14.1. The van der Waals surface area contributed by atoms with Crippen LogP contribution in [0.1, 0.15) is 10.4 Å². The van der Waals surface area contributed by atoms with Gasteiger partial charge < -0.3 is 15.4 Å². The van der Waals surface area contributed by atoms with Gasteiger partial charge in [0.15, 0.2) is 0 Å². The molecular formula is C16H13ClF3N3O3. The maximum absolute atomic E-state index is 13.8. The van der Waals surface area contributed by atoms with Crippen LogP contribution in [0.3, 0.4) is 0 Å². The Morgan fingerprint density at radius 3 is 2.27 bits per heavy atom. The third kappa shape index (κ3) is 4.05. The molecule has 0 aliphatic rings. The summed E-state index contributed by atoms with van der Waals surface area (Å²) in [6.07, 6.45) is -4.16. The number of amides is 1. The molecule has 6 nitrogen and oxygen atoms in total. The quantitative estimate of drug-likeness (QED) is 0.609. The van der Waals surface area contributed by atoms with Crippen LogP contribution in [0, 0.1) is 0 Å². The number of nitrogens with one attached hydrogen (secondary N) is 2. The Hall–Kier alpha value is -2.81. The number of benzene rings is 1. The predicted octanol–water partition coefficient (Wildman–Crippen LogP) is 3.01. The van der Waals surface area contributed by atoms with Crippen molar-refractivity contribution >= 4 is 29.3 Å². The molecule has 0 radical (unpaired) electrons. The van der Waals surface area contributed by atoms with E-state index in [-0.39, 0.29) is 16.4 Å². The highest BCUT2D eigenvalue weighted by molar-refractivity contribution is 6.30. The van der Waals surface area contributed by atoms with Crippen molar-refractivity contribution in [2.24, 2.45) is 0 Å². The molecule has 1 amide bonds. The first-order chi connectivity index (χ1) is 12.2. The van der Waals surface area contributed by atoms with Crippen molar-refractivity contribution < 1.29 is 27.5 Å². The first-order valence-electron chi connectivity index (χ1n) is 7.12. The Labute approximate surface area is 151 Å². The molecule has 1 atom stereocenters. The molecule has 0 spiro atoms. The standard InChI is InChI=1S/C16H13ClF3N3O3/c1-26-14(25)15(16(18,19)20,22-12-8-7-11(17)9-21-12)23-13(24)10-5-3-2-4-6-10/h2-9H,1H3,(H,21,22)(H,23,24)/t15-/m0/s1. The number of hydrogen-bond acceptors (Lipinski definition) is 5. The molecule has 1 heterocycles. The highest BCUT2D eigenvalue weighted by Crippen LogP contribution is 2.33. The molecule has 0 bridgehead atoms. The molecule has 26 heavy (non-hydrogen) atoms. The molecule has 0 saturated heterocycles. The number of alkyl halides is 3. The number of halogens is 4. The Balaban J connectivity index is 2.47. The highest BCUT2D eigenvalue weighted by Gasteiger charge is 2.63. The number of anilines is 1. The van der Waals surface area contributed by atoms with Crippen LogP contribution in [0.25, 0.3) is 0 Å². The Morgan fingerprint density at radius 1 is 1.12 bits per heavy atom. The largest absolute Gasteiger partial charge is 0.466 e. The van der Waals surface area contributed by atoms with E-state index in [4.69, 9.17) is 11.6 Å². The van der Waals surface area contributed by atoms with Crippen molar-refractivity contribution in [2.75, 3.05) is 12.4 Å². The molecule has 0 aliphatic heterocycles. The molecule has 10 heteroatoms. The van der Waals surface area contributed by atoms with Crippen LogP contribution in [0.4, 0.5) is 19.0 Å². The number of esters is 1. The summed E-state index contributed by atoms with van der Waals surface area (Å²) in [6, 6.07) is 9.52. The molecular weight excluding hydrogens is 375 g/mol. The van der Waals surface area contributed by atoms with Gasteiger partial charge in [0.2, 0.25) is 0 Å². The fourth-order valence-electron chi connectivity index (χ4n) is 2.02. The fourth-order valence-corrected chi connectivity index (χ4v) is 2.13. The van der Waals surface area contributed by atoms with Crippen LogP contribution in [0.2, 0.25) is 5.02 Å². The highest BCUT2D eigenvalue weighted by atomic mass is 35.5. The molecule has 2 N–H and O–H groups in total. The minimum Gasteiger partial charge on any atom is -0.466 e. The van der Waals surface area contributed by atoms with Crippen molar-refractivity contribution in [1.29, 1.82) is 0 Å². The van der Waals surface area contributed by atoms with Crippen molar-refractivity contribution in [3.63, 3.8) is 0 Å². The third-order valence-corrected chi connectivity index (χ3v) is 3.52. The Bertz CT molecular complexity index is 785. The second-order valence-corrected chi connectivity index (χ2v) is 5.48. The molecule has 0 fully saturated rings. The molecule has 2 rings (SSSR count). The van der Waals surface area contributed by atoms with Crippen LogP contribution in [0.5, 0.6) is 0 Å². The van der Waals surface area contributed by atoms with Gasteiger partial charge in [0.25, 0.3) is 5.91 Å². The van der Waals surface area contributed by atoms with Crippen molar-refractivity contribution in [3.05, 3.63) is 59.2 Å². The smallest absolute Gasteiger partial charge is 0.441 e. The molecule has 0 aliphatic carbocycles. The maximum Gasteiger partial charge on any atom is 0.441 e. The number of carbonyl (C=O) groups is 2. The second kappa shape index (κ2) is 7.61. The van der Waals surface area contributed by atoms with Crippen LogP contribution in [-0.4, -0.2) is 35.8 Å². The van der Waals surface area contributed by atoms with Gasteiger partial charge in [0, 0.05) is 11.8 Å². The lowest BCUT2D eigenvalue weighted by Crippen LogP contribution is -2.69. The molecule has 138 valence electrons. The van der Waals surface area contributed by atoms with E-state index in [0.717, 1.165) is 19.4 Å². The summed E-state index contributed by atoms with van der Waals surface area (Å²) >= 11 is 5.65. The minimum absolute atomic E-state index is 0.0732. The summed E-state index contributed by atoms with van der Waals surface area (Å²) in [4.78, 5) is 28.0. The van der Waals surface area contributed by atoms with Gasteiger partial charge in [-0.05, 0) is 24.3 Å². The van der Waals surface area contributed by atoms with E-state index in [0.29, 0.717) is 0 Å². The third-order valence-electron chi connectivity index (χ3n) is 3.30. The lowest BCUT2D eigenvalue weighted by molar-refractivity contribution is -0.203. The van der Waals surface area contributed by atoms with Gasteiger partial charge in [-0.2, -0.15) is 13.2 Å². The molecule has 1 aromatic carbocycles. The first-order valence-corrected chi connectivity index (χ1v) is 7.50. The molecule has 1 aromatic heterocycles. The van der Waals surface area contributed by atoms with Crippen LogP contribution >= 0.6 is 11.6 Å². The van der Waals surface area contributed by atoms with Gasteiger partial charge in [-0.1, -0.05) is 29.8 Å². The van der Waals surface area contributed by atoms with E-state index >= 15 is 0 Å². The van der Waals surface area contributed by atoms with E-state index in [1.807, 2.05) is 5.32 Å². The lowest BCUT2D eigenvalue weighted by Gasteiger charge is -2.34. The lowest BCUT2D eigenvalue weighted by atomic mass is 10.1. The van der Waals surface area contributed by atoms with E-state index in [1.165, 1.54) is 30.3 Å². The van der Waals surface area contributed by atoms with E-state index in [1.54, 1.807) is 11.4 Å². The number of hydrogen-bond donors (Lipinski definition) is 2. The van der Waals surface area contributed by atoms with Crippen molar-refractivity contribution in [1.82, 2.24) is 10.3 Å². The number of rotatable bonds is 5. The molecule has 2 aromatic rings. The van der Waals surface area contributed by atoms with E-state index < -0.39 is 23.7 Å². The normalized spacial score (nSPS) is 13.4. The van der Waals surface area contributed by atoms with E-state index in [9.17, 15) is 22.8 Å². The fraction of sp³-hybridized carbons (Fsp3) is 0.188. The Kier molecular flexibility index (Phi) is 5.71. The van der Waals surface area contributed by atoms with Gasteiger partial charge in [-0.3, -0.25) is 4.79 Å². The summed E-state index contributed by atoms with van der Waals surface area (Å²) in [7, 11) is 0.772. The topological polar surface area (TPSA) is 80.3 Å². The van der Waals surface area contributed by atoms with Crippen LogP contribution in [0.15, 0.2) is 48.7 Å². The van der Waals surface area contributed by atoms with Crippen LogP contribution in [-0.2, 0) is 9.53 Å². The van der Waals surface area contributed by atoms with Gasteiger partial charge >= 0.3 is 17.8 Å². The number of nitrogens with zero attached hydrogens (tertiary/aromatic N) is 1. The van der Waals surface area contributed by atoms with Crippen molar-refractivity contribution in [2.45, 2.75) is 11.8 Å². The monoisotopic (exact) mass is 387 g/mol.